The van der Waals surface area contributed by atoms with Crippen LogP contribution >= 0.6 is 0 Å². The fourth-order valence-corrected chi connectivity index (χ4v) is 7.63. The van der Waals surface area contributed by atoms with Gasteiger partial charge in [-0.15, -0.1) is 0 Å². The van der Waals surface area contributed by atoms with E-state index in [2.05, 4.69) is 142 Å². The summed E-state index contributed by atoms with van der Waals surface area (Å²) in [4.78, 5) is 38.2. The van der Waals surface area contributed by atoms with Crippen LogP contribution in [0, 0.1) is 0 Å². The van der Waals surface area contributed by atoms with Crippen molar-refractivity contribution in [2.24, 2.45) is 0 Å². The quantitative estimate of drug-likeness (QED) is 0.0261. The second-order valence-corrected chi connectivity index (χ2v) is 18.8. The summed E-state index contributed by atoms with van der Waals surface area (Å²) in [5, 5.41) is 0. The lowest BCUT2D eigenvalue weighted by atomic mass is 10.1. The third kappa shape index (κ3) is 56.6. The molecule has 0 saturated carbocycles. The molecule has 0 spiro atoms. The van der Waals surface area contributed by atoms with E-state index in [9.17, 15) is 14.4 Å². The van der Waals surface area contributed by atoms with Gasteiger partial charge in [-0.1, -0.05) is 226 Å². The van der Waals surface area contributed by atoms with Crippen molar-refractivity contribution in [1.82, 2.24) is 0 Å². The Hall–Kier alpha value is -4.19. The number of hydrogen-bond donors (Lipinski definition) is 0. The molecule has 6 heteroatoms. The van der Waals surface area contributed by atoms with E-state index in [1.54, 1.807) is 0 Å². The molecule has 0 rings (SSSR count). The average Bonchev–Trinajstić information content (AvgIpc) is 3.37. The smallest absolute Gasteiger partial charge is 0.306 e. The van der Waals surface area contributed by atoms with Crippen LogP contribution in [0.2, 0.25) is 0 Å². The molecule has 6 nitrogen and oxygen atoms in total. The molecule has 0 radical (unpaired) electrons. The van der Waals surface area contributed by atoms with Gasteiger partial charge in [0.05, 0.1) is 0 Å². The molecular weight excluding hydrogens is 877 g/mol. The molecule has 0 saturated heterocycles. The molecule has 0 aliphatic heterocycles. The number of carbonyl (C=O) groups excluding carboxylic acids is 3. The molecule has 0 heterocycles. The van der Waals surface area contributed by atoms with E-state index in [0.29, 0.717) is 19.3 Å². The Morgan fingerprint density at radius 2 is 0.549 bits per heavy atom. The molecule has 0 aromatic heterocycles. The zero-order valence-corrected chi connectivity index (χ0v) is 45.9. The van der Waals surface area contributed by atoms with Gasteiger partial charge in [-0.25, -0.2) is 0 Å². The summed E-state index contributed by atoms with van der Waals surface area (Å²) < 4.78 is 16.8. The maximum atomic E-state index is 12.9. The predicted molar refractivity (Wildman–Crippen MR) is 306 cm³/mol. The largest absolute Gasteiger partial charge is 0.462 e. The first kappa shape index (κ1) is 66.8. The van der Waals surface area contributed by atoms with Crippen LogP contribution in [0.5, 0.6) is 0 Å². The van der Waals surface area contributed by atoms with Gasteiger partial charge in [0.1, 0.15) is 13.2 Å². The maximum absolute atomic E-state index is 12.9. The summed E-state index contributed by atoms with van der Waals surface area (Å²) >= 11 is 0. The number of rotatable bonds is 51. The fraction of sp³-hybridized carbons (Fsp3) is 0.646. The predicted octanol–water partition coefficient (Wildman–Crippen LogP) is 19.6. The highest BCUT2D eigenvalue weighted by Gasteiger charge is 2.19. The molecule has 0 aliphatic carbocycles. The Balaban J connectivity index is 4.43. The monoisotopic (exact) mass is 983 g/mol. The van der Waals surface area contributed by atoms with Gasteiger partial charge in [0.25, 0.3) is 0 Å². The standard InChI is InChI=1S/C65H106O6/c1-4-7-10-13-16-19-22-25-28-29-30-31-32-33-34-35-38-40-43-46-49-52-55-58-64(67)70-61-62(71-65(68)59-56-53-50-47-44-41-37-27-24-21-18-15-12-9-6-3)60-69-63(66)57-54-51-48-45-42-39-36-26-23-20-17-14-11-8-5-2/h7,9-10,12,16-21,25-28,30-31,33-34,36-37,62H,4-6,8,11,13-15,22-24,29,32,35,38-61H2,1-3H3/b10-7-,12-9-,19-16-,20-17-,21-18-,28-25-,31-30-,34-33-,36-26-,37-27-. The summed E-state index contributed by atoms with van der Waals surface area (Å²) in [7, 11) is 0. The lowest BCUT2D eigenvalue weighted by molar-refractivity contribution is -0.167. The van der Waals surface area contributed by atoms with Gasteiger partial charge in [0, 0.05) is 19.3 Å². The SMILES string of the molecule is CC/C=C\C/C=C\C/C=C\C/C=C\C/C=C\CCCCCCCCCC(=O)OCC(COC(=O)CCCCCCC/C=C\C/C=C\CCCCC)OC(=O)CCCCCCC/C=C\C/C=C\C/C=C\CC. The number of allylic oxidation sites excluding steroid dienone is 20. The third-order valence-electron chi connectivity index (χ3n) is 11.9. The lowest BCUT2D eigenvalue weighted by Gasteiger charge is -2.18. The van der Waals surface area contributed by atoms with Crippen molar-refractivity contribution in [3.63, 3.8) is 0 Å². The van der Waals surface area contributed by atoms with Crippen molar-refractivity contribution in [1.29, 1.82) is 0 Å². The molecule has 0 N–H and O–H groups in total. The zero-order valence-electron chi connectivity index (χ0n) is 45.9. The van der Waals surface area contributed by atoms with Crippen molar-refractivity contribution >= 4 is 17.9 Å². The second kappa shape index (κ2) is 58.4. The van der Waals surface area contributed by atoms with Gasteiger partial charge in [-0.2, -0.15) is 0 Å². The van der Waals surface area contributed by atoms with E-state index >= 15 is 0 Å². The Bertz CT molecular complexity index is 1500. The maximum Gasteiger partial charge on any atom is 0.306 e. The second-order valence-electron chi connectivity index (χ2n) is 18.8. The molecule has 0 amide bonds. The van der Waals surface area contributed by atoms with Gasteiger partial charge in [0.2, 0.25) is 0 Å². The fourth-order valence-electron chi connectivity index (χ4n) is 7.63. The van der Waals surface area contributed by atoms with Gasteiger partial charge in [-0.3, -0.25) is 14.4 Å². The molecule has 0 aromatic carbocycles. The number of carbonyl (C=O) groups is 3. The third-order valence-corrected chi connectivity index (χ3v) is 11.9. The van der Waals surface area contributed by atoms with Crippen molar-refractivity contribution in [2.75, 3.05) is 13.2 Å². The van der Waals surface area contributed by atoms with E-state index in [0.717, 1.165) is 161 Å². The summed E-state index contributed by atoms with van der Waals surface area (Å²) in [6.07, 6.45) is 80.4. The molecule has 0 aliphatic rings. The molecule has 0 bridgehead atoms. The van der Waals surface area contributed by atoms with Crippen LogP contribution in [0.1, 0.15) is 252 Å². The van der Waals surface area contributed by atoms with Gasteiger partial charge >= 0.3 is 17.9 Å². The van der Waals surface area contributed by atoms with Crippen LogP contribution in [0.4, 0.5) is 0 Å². The molecule has 0 fully saturated rings. The minimum Gasteiger partial charge on any atom is -0.462 e. The van der Waals surface area contributed by atoms with Crippen LogP contribution < -0.4 is 0 Å². The minimum absolute atomic E-state index is 0.0986. The van der Waals surface area contributed by atoms with E-state index in [1.165, 1.54) is 51.4 Å². The van der Waals surface area contributed by atoms with Crippen molar-refractivity contribution in [3.8, 4) is 0 Å². The highest BCUT2D eigenvalue weighted by molar-refractivity contribution is 5.71. The minimum atomic E-state index is -0.802. The van der Waals surface area contributed by atoms with Gasteiger partial charge < -0.3 is 14.2 Å². The van der Waals surface area contributed by atoms with Crippen molar-refractivity contribution in [2.45, 2.75) is 258 Å². The van der Waals surface area contributed by atoms with Crippen LogP contribution in [0.25, 0.3) is 0 Å². The lowest BCUT2D eigenvalue weighted by Crippen LogP contribution is -2.30. The van der Waals surface area contributed by atoms with Crippen molar-refractivity contribution < 1.29 is 28.6 Å². The molecule has 402 valence electrons. The number of ether oxygens (including phenoxy) is 3. The summed E-state index contributed by atoms with van der Waals surface area (Å²) in [6.45, 7) is 6.35. The molecule has 0 aromatic rings. The summed E-state index contributed by atoms with van der Waals surface area (Å²) in [5.41, 5.74) is 0. The van der Waals surface area contributed by atoms with Gasteiger partial charge in [0.15, 0.2) is 6.10 Å². The first-order chi connectivity index (χ1) is 35.0. The number of hydrogen-bond acceptors (Lipinski definition) is 6. The Morgan fingerprint density at radius 1 is 0.296 bits per heavy atom. The molecular formula is C65H106O6. The van der Waals surface area contributed by atoms with Crippen LogP contribution in [-0.2, 0) is 28.6 Å². The zero-order chi connectivity index (χ0) is 51.4. The van der Waals surface area contributed by atoms with E-state index in [-0.39, 0.29) is 31.1 Å². The Morgan fingerprint density at radius 3 is 0.859 bits per heavy atom. The molecule has 71 heavy (non-hydrogen) atoms. The molecule has 1 unspecified atom stereocenters. The van der Waals surface area contributed by atoms with Crippen LogP contribution in [0.3, 0.4) is 0 Å². The Kier molecular flexibility index (Phi) is 54.9. The summed E-state index contributed by atoms with van der Waals surface area (Å²) in [5.74, 6) is -0.941. The van der Waals surface area contributed by atoms with Crippen molar-refractivity contribution in [3.05, 3.63) is 122 Å². The van der Waals surface area contributed by atoms with E-state index in [4.69, 9.17) is 14.2 Å². The summed E-state index contributed by atoms with van der Waals surface area (Å²) in [6, 6.07) is 0. The Labute approximate surface area is 437 Å². The topological polar surface area (TPSA) is 78.9 Å². The highest BCUT2D eigenvalue weighted by atomic mass is 16.6. The van der Waals surface area contributed by atoms with E-state index in [1.807, 2.05) is 0 Å². The average molecular weight is 984 g/mol. The first-order valence-corrected chi connectivity index (χ1v) is 29.0. The number of esters is 3. The normalized spacial score (nSPS) is 13.0. The number of unbranched alkanes of at least 4 members (excludes halogenated alkanes) is 20. The first-order valence-electron chi connectivity index (χ1n) is 29.0. The molecule has 1 atom stereocenters. The van der Waals surface area contributed by atoms with Crippen LogP contribution in [0.15, 0.2) is 122 Å². The van der Waals surface area contributed by atoms with E-state index < -0.39 is 6.10 Å². The highest BCUT2D eigenvalue weighted by Crippen LogP contribution is 2.14. The van der Waals surface area contributed by atoms with Crippen LogP contribution in [-0.4, -0.2) is 37.2 Å². The van der Waals surface area contributed by atoms with Gasteiger partial charge in [-0.05, 0) is 128 Å².